The Morgan fingerprint density at radius 3 is 2.37 bits per heavy atom. The first kappa shape index (κ1) is 22.5. The van der Waals surface area contributed by atoms with Crippen LogP contribution in [0.3, 0.4) is 0 Å². The van der Waals surface area contributed by atoms with Crippen LogP contribution in [0, 0.1) is 0 Å². The Labute approximate surface area is 174 Å². The van der Waals surface area contributed by atoms with Crippen molar-refractivity contribution in [1.82, 2.24) is 0 Å². The third-order valence-corrected chi connectivity index (χ3v) is 3.97. The highest BCUT2D eigenvalue weighted by molar-refractivity contribution is 6.10. The van der Waals surface area contributed by atoms with Crippen LogP contribution in [0.25, 0.3) is 0 Å². The Morgan fingerprint density at radius 2 is 1.73 bits per heavy atom. The van der Waals surface area contributed by atoms with Gasteiger partial charge in [-0.15, -0.1) is 0 Å². The van der Waals surface area contributed by atoms with Crippen molar-refractivity contribution >= 4 is 29.0 Å². The van der Waals surface area contributed by atoms with Crippen LogP contribution < -0.4 is 14.8 Å². The van der Waals surface area contributed by atoms with E-state index in [0.29, 0.717) is 11.4 Å². The van der Waals surface area contributed by atoms with Gasteiger partial charge in [-0.3, -0.25) is 9.59 Å². The first-order chi connectivity index (χ1) is 14.4. The molecule has 158 valence electrons. The molecular weight excluding hydrogens is 390 g/mol. The van der Waals surface area contributed by atoms with Crippen molar-refractivity contribution in [2.45, 2.75) is 19.9 Å². The zero-order chi connectivity index (χ0) is 22.1. The summed E-state index contributed by atoms with van der Waals surface area (Å²) < 4.78 is 15.4. The molecule has 0 saturated heterocycles. The van der Waals surface area contributed by atoms with E-state index in [9.17, 15) is 14.4 Å². The predicted octanol–water partition coefficient (Wildman–Crippen LogP) is 3.56. The van der Waals surface area contributed by atoms with Gasteiger partial charge in [-0.2, -0.15) is 10.2 Å². The van der Waals surface area contributed by atoms with E-state index in [2.05, 4.69) is 15.5 Å². The maximum atomic E-state index is 12.6. The molecule has 9 nitrogen and oxygen atoms in total. The second-order valence-corrected chi connectivity index (χ2v) is 6.03. The lowest BCUT2D eigenvalue weighted by atomic mass is 10.2. The number of carbonyl (C=O) groups is 3. The minimum absolute atomic E-state index is 0.240. The van der Waals surface area contributed by atoms with Crippen molar-refractivity contribution in [2.24, 2.45) is 10.2 Å². The molecule has 2 aromatic rings. The lowest BCUT2D eigenvalue weighted by Gasteiger charge is -2.12. The summed E-state index contributed by atoms with van der Waals surface area (Å²) in [7, 11) is 2.87. The standard InChI is InChI=1S/C21H23N3O6/c1-5-30-21(27)14-10-11-16(18(12-14)29-4)23-24-19(13(2)25)20(26)22-15-8-6-7-9-17(15)28-3/h6-12,19H,5H2,1-4H3,(H,22,26). The number of methoxy groups -OCH3 is 2. The summed E-state index contributed by atoms with van der Waals surface area (Å²) in [5.74, 6) is -0.957. The Balaban J connectivity index is 2.24. The van der Waals surface area contributed by atoms with Gasteiger partial charge in [0.2, 0.25) is 6.04 Å². The number of esters is 1. The van der Waals surface area contributed by atoms with Gasteiger partial charge in [0.15, 0.2) is 5.78 Å². The highest BCUT2D eigenvalue weighted by Gasteiger charge is 2.24. The number of hydrogen-bond acceptors (Lipinski definition) is 8. The van der Waals surface area contributed by atoms with Gasteiger partial charge in [-0.25, -0.2) is 4.79 Å². The molecule has 0 aromatic heterocycles. The molecule has 0 fully saturated rings. The first-order valence-electron chi connectivity index (χ1n) is 9.11. The molecule has 1 amide bonds. The summed E-state index contributed by atoms with van der Waals surface area (Å²) >= 11 is 0. The fourth-order valence-electron chi connectivity index (χ4n) is 2.49. The summed E-state index contributed by atoms with van der Waals surface area (Å²) in [6, 6.07) is 9.85. The van der Waals surface area contributed by atoms with Crippen molar-refractivity contribution < 1.29 is 28.6 Å². The molecule has 30 heavy (non-hydrogen) atoms. The van der Waals surface area contributed by atoms with Gasteiger partial charge in [0.1, 0.15) is 17.2 Å². The maximum Gasteiger partial charge on any atom is 0.338 e. The number of nitrogens with one attached hydrogen (secondary N) is 1. The average molecular weight is 413 g/mol. The van der Waals surface area contributed by atoms with Gasteiger partial charge >= 0.3 is 5.97 Å². The maximum absolute atomic E-state index is 12.6. The first-order valence-corrected chi connectivity index (χ1v) is 9.11. The summed E-state index contributed by atoms with van der Waals surface area (Å²) in [5.41, 5.74) is 0.939. The van der Waals surface area contributed by atoms with Gasteiger partial charge < -0.3 is 19.5 Å². The van der Waals surface area contributed by atoms with Crippen LogP contribution in [-0.4, -0.2) is 44.5 Å². The molecule has 2 rings (SSSR count). The highest BCUT2D eigenvalue weighted by Crippen LogP contribution is 2.29. The van der Waals surface area contributed by atoms with Crippen LogP contribution in [0.15, 0.2) is 52.7 Å². The van der Waals surface area contributed by atoms with Gasteiger partial charge in [0, 0.05) is 0 Å². The van der Waals surface area contributed by atoms with E-state index in [4.69, 9.17) is 14.2 Å². The number of anilines is 1. The molecule has 2 aromatic carbocycles. The predicted molar refractivity (Wildman–Crippen MR) is 110 cm³/mol. The van der Waals surface area contributed by atoms with Crippen molar-refractivity contribution in [3.63, 3.8) is 0 Å². The molecule has 0 aliphatic rings. The minimum atomic E-state index is -1.37. The van der Waals surface area contributed by atoms with Crippen LogP contribution >= 0.6 is 0 Å². The van der Waals surface area contributed by atoms with Gasteiger partial charge in [-0.1, -0.05) is 12.1 Å². The van der Waals surface area contributed by atoms with Crippen LogP contribution in [0.4, 0.5) is 11.4 Å². The summed E-state index contributed by atoms with van der Waals surface area (Å²) in [5, 5.41) is 10.5. The molecular formula is C21H23N3O6. The molecule has 0 aliphatic heterocycles. The molecule has 9 heteroatoms. The van der Waals surface area contributed by atoms with E-state index in [0.717, 1.165) is 0 Å². The van der Waals surface area contributed by atoms with Crippen molar-refractivity contribution in [1.29, 1.82) is 0 Å². The number of benzene rings is 2. The molecule has 0 heterocycles. The topological polar surface area (TPSA) is 116 Å². The third-order valence-electron chi connectivity index (χ3n) is 3.97. The summed E-state index contributed by atoms with van der Waals surface area (Å²) in [4.78, 5) is 36.4. The largest absolute Gasteiger partial charge is 0.495 e. The number of ether oxygens (including phenoxy) is 3. The molecule has 0 bridgehead atoms. The number of carbonyl (C=O) groups excluding carboxylic acids is 3. The van der Waals surface area contributed by atoms with Gasteiger partial charge in [0.25, 0.3) is 5.91 Å². The van der Waals surface area contributed by atoms with Crippen LogP contribution in [0.1, 0.15) is 24.2 Å². The number of ketones is 1. The van der Waals surface area contributed by atoms with E-state index < -0.39 is 23.7 Å². The lowest BCUT2D eigenvalue weighted by molar-refractivity contribution is -0.126. The summed E-state index contributed by atoms with van der Waals surface area (Å²) in [6.45, 7) is 3.19. The lowest BCUT2D eigenvalue weighted by Crippen LogP contribution is -2.31. The second-order valence-electron chi connectivity index (χ2n) is 6.03. The molecule has 0 saturated carbocycles. The van der Waals surface area contributed by atoms with Crippen LogP contribution in [-0.2, 0) is 14.3 Å². The number of rotatable bonds is 9. The molecule has 0 aliphatic carbocycles. The average Bonchev–Trinajstić information content (AvgIpc) is 2.74. The number of amides is 1. The summed E-state index contributed by atoms with van der Waals surface area (Å²) in [6.07, 6.45) is 0. The highest BCUT2D eigenvalue weighted by atomic mass is 16.5. The zero-order valence-corrected chi connectivity index (χ0v) is 17.2. The third kappa shape index (κ3) is 5.63. The molecule has 1 unspecified atom stereocenters. The fraction of sp³-hybridized carbons (Fsp3) is 0.286. The Morgan fingerprint density at radius 1 is 1.03 bits per heavy atom. The Bertz CT molecular complexity index is 958. The molecule has 0 radical (unpaired) electrons. The van der Waals surface area contributed by atoms with Crippen molar-refractivity contribution in [3.05, 3.63) is 48.0 Å². The normalized spacial score (nSPS) is 11.6. The number of azo groups is 1. The van der Waals surface area contributed by atoms with E-state index in [1.54, 1.807) is 31.2 Å². The monoisotopic (exact) mass is 413 g/mol. The fourth-order valence-corrected chi connectivity index (χ4v) is 2.49. The number of Topliss-reactive ketones (excluding diaryl/α,β-unsaturated/α-hetero) is 1. The van der Waals surface area contributed by atoms with E-state index in [-0.39, 0.29) is 23.6 Å². The SMILES string of the molecule is CCOC(=O)c1ccc(N=NC(C(C)=O)C(=O)Nc2ccccc2OC)c(OC)c1. The van der Waals surface area contributed by atoms with E-state index in [1.165, 1.54) is 39.3 Å². The van der Waals surface area contributed by atoms with Crippen molar-refractivity contribution in [3.8, 4) is 11.5 Å². The molecule has 1 atom stereocenters. The Kier molecular flexibility index (Phi) is 8.04. The van der Waals surface area contributed by atoms with Gasteiger partial charge in [0.05, 0.1) is 32.1 Å². The van der Waals surface area contributed by atoms with Crippen LogP contribution in [0.2, 0.25) is 0 Å². The quantitative estimate of drug-likeness (QED) is 0.382. The van der Waals surface area contributed by atoms with E-state index in [1.807, 2.05) is 0 Å². The molecule has 1 N–H and O–H groups in total. The number of nitrogens with zero attached hydrogens (tertiary/aromatic N) is 2. The number of para-hydroxylation sites is 2. The van der Waals surface area contributed by atoms with E-state index >= 15 is 0 Å². The zero-order valence-electron chi connectivity index (χ0n) is 17.2. The smallest absolute Gasteiger partial charge is 0.338 e. The van der Waals surface area contributed by atoms with Gasteiger partial charge in [-0.05, 0) is 44.2 Å². The second kappa shape index (κ2) is 10.7. The number of hydrogen-bond donors (Lipinski definition) is 1. The molecule has 0 spiro atoms. The van der Waals surface area contributed by atoms with Crippen molar-refractivity contribution in [2.75, 3.05) is 26.1 Å². The minimum Gasteiger partial charge on any atom is -0.495 e. The van der Waals surface area contributed by atoms with Crippen LogP contribution in [0.5, 0.6) is 11.5 Å². The Hall–Kier alpha value is -3.75.